The fourth-order valence-electron chi connectivity index (χ4n) is 3.13. The monoisotopic (exact) mass is 312 g/mol. The van der Waals surface area contributed by atoms with Crippen LogP contribution in [-0.4, -0.2) is 21.1 Å². The molecule has 23 heavy (non-hydrogen) atoms. The highest BCUT2D eigenvalue weighted by atomic mass is 16.5. The van der Waals surface area contributed by atoms with Crippen LogP contribution in [-0.2, 0) is 5.54 Å². The van der Waals surface area contributed by atoms with E-state index in [2.05, 4.69) is 46.5 Å². The topological polar surface area (TPSA) is 87.1 Å². The van der Waals surface area contributed by atoms with Crippen molar-refractivity contribution in [2.24, 2.45) is 0 Å². The van der Waals surface area contributed by atoms with Crippen LogP contribution in [0.25, 0.3) is 0 Å². The maximum atomic E-state index is 11.3. The molecule has 1 aromatic heterocycles. The predicted octanol–water partition coefficient (Wildman–Crippen LogP) is 2.79. The Kier molecular flexibility index (Phi) is 4.25. The Hall–Kier alpha value is -2.47. The molecule has 0 radical (unpaired) electrons. The molecule has 2 aromatic rings. The van der Waals surface area contributed by atoms with Gasteiger partial charge < -0.3 is 5.32 Å². The maximum Gasteiger partial charge on any atom is 0.277 e. The van der Waals surface area contributed by atoms with Crippen LogP contribution >= 0.6 is 0 Å². The van der Waals surface area contributed by atoms with Gasteiger partial charge in [0.25, 0.3) is 5.91 Å². The Bertz CT molecular complexity index is 677. The zero-order valence-electron chi connectivity index (χ0n) is 13.0. The highest BCUT2D eigenvalue weighted by Gasteiger charge is 2.36. The fraction of sp³-hybridized carbons (Fsp3) is 0.353. The average Bonchev–Trinajstić information content (AvgIpc) is 3.05. The van der Waals surface area contributed by atoms with Crippen LogP contribution in [0.3, 0.4) is 0 Å². The number of nitrogens with zero attached hydrogens (tertiary/aromatic N) is 2. The van der Waals surface area contributed by atoms with E-state index < -0.39 is 5.91 Å². The molecule has 0 spiro atoms. The molecular formula is C17H20N4O2. The molecule has 0 aliphatic heterocycles. The number of carbonyl (C=O) groups excluding carboxylic acids is 1. The highest BCUT2D eigenvalue weighted by Crippen LogP contribution is 2.41. The summed E-state index contributed by atoms with van der Waals surface area (Å²) in [6.45, 7) is 2.08. The Balaban J connectivity index is 1.85. The number of nitrogens with one attached hydrogen (secondary N) is 2. The van der Waals surface area contributed by atoms with Gasteiger partial charge in [-0.1, -0.05) is 42.7 Å². The number of hydroxylamine groups is 1. The standard InChI is InChI=1S/C17H20N4O2/c1-12-4-6-14(7-5-12)17(8-2-3-9-17)20-16-18-10-13(11-19-16)15(22)21-23/h4-7,10-11,23H,2-3,8-9H2,1H3,(H,21,22)(H,18,19,20). The third-order valence-electron chi connectivity index (χ3n) is 4.43. The normalized spacial score (nSPS) is 16.1. The molecule has 1 saturated carbocycles. The molecule has 1 fully saturated rings. The number of aromatic nitrogens is 2. The lowest BCUT2D eigenvalue weighted by molar-refractivity contribution is 0.0705. The summed E-state index contributed by atoms with van der Waals surface area (Å²) in [5, 5.41) is 12.1. The van der Waals surface area contributed by atoms with Crippen LogP contribution in [0.2, 0.25) is 0 Å². The summed E-state index contributed by atoms with van der Waals surface area (Å²) in [7, 11) is 0. The molecule has 0 atom stereocenters. The first-order chi connectivity index (χ1) is 11.1. The first-order valence-corrected chi connectivity index (χ1v) is 7.75. The third kappa shape index (κ3) is 3.17. The average molecular weight is 312 g/mol. The molecule has 3 N–H and O–H groups in total. The van der Waals surface area contributed by atoms with E-state index in [9.17, 15) is 4.79 Å². The molecular weight excluding hydrogens is 292 g/mol. The van der Waals surface area contributed by atoms with Gasteiger partial charge in [-0.15, -0.1) is 0 Å². The van der Waals surface area contributed by atoms with Crippen molar-refractivity contribution in [1.82, 2.24) is 15.4 Å². The van der Waals surface area contributed by atoms with Crippen molar-refractivity contribution >= 4 is 11.9 Å². The molecule has 0 saturated heterocycles. The number of aryl methyl sites for hydroxylation is 1. The largest absolute Gasteiger partial charge is 0.345 e. The maximum absolute atomic E-state index is 11.3. The second kappa shape index (κ2) is 6.34. The summed E-state index contributed by atoms with van der Waals surface area (Å²) in [5.74, 6) is -0.132. The second-order valence-corrected chi connectivity index (χ2v) is 6.02. The van der Waals surface area contributed by atoms with Crippen molar-refractivity contribution in [2.75, 3.05) is 5.32 Å². The summed E-state index contributed by atoms with van der Waals surface area (Å²) in [5.41, 5.74) is 4.10. The molecule has 3 rings (SSSR count). The summed E-state index contributed by atoms with van der Waals surface area (Å²) >= 11 is 0. The minimum absolute atomic E-state index is 0.158. The summed E-state index contributed by atoms with van der Waals surface area (Å²) in [4.78, 5) is 19.7. The minimum Gasteiger partial charge on any atom is -0.345 e. The van der Waals surface area contributed by atoms with Crippen LogP contribution in [0.4, 0.5) is 5.95 Å². The molecule has 6 heteroatoms. The zero-order valence-corrected chi connectivity index (χ0v) is 13.0. The number of hydrogen-bond donors (Lipinski definition) is 3. The molecule has 1 aliphatic carbocycles. The first-order valence-electron chi connectivity index (χ1n) is 7.75. The van der Waals surface area contributed by atoms with Crippen molar-refractivity contribution in [2.45, 2.75) is 38.1 Å². The Morgan fingerprint density at radius 2 is 1.74 bits per heavy atom. The van der Waals surface area contributed by atoms with E-state index in [1.165, 1.54) is 23.5 Å². The molecule has 0 unspecified atom stereocenters. The Morgan fingerprint density at radius 1 is 1.13 bits per heavy atom. The summed E-state index contributed by atoms with van der Waals surface area (Å²) in [6, 6.07) is 8.54. The van der Waals surface area contributed by atoms with Crippen LogP contribution in [0, 0.1) is 6.92 Å². The molecule has 6 nitrogen and oxygen atoms in total. The smallest absolute Gasteiger partial charge is 0.277 e. The van der Waals surface area contributed by atoms with E-state index in [0.717, 1.165) is 25.7 Å². The predicted molar refractivity (Wildman–Crippen MR) is 86.2 cm³/mol. The van der Waals surface area contributed by atoms with Crippen molar-refractivity contribution < 1.29 is 10.0 Å². The van der Waals surface area contributed by atoms with Gasteiger partial charge >= 0.3 is 0 Å². The number of rotatable bonds is 4. The van der Waals surface area contributed by atoms with E-state index in [4.69, 9.17) is 5.21 Å². The van der Waals surface area contributed by atoms with Crippen molar-refractivity contribution in [3.63, 3.8) is 0 Å². The minimum atomic E-state index is -0.620. The molecule has 1 aromatic carbocycles. The van der Waals surface area contributed by atoms with Crippen LogP contribution in [0.15, 0.2) is 36.7 Å². The van der Waals surface area contributed by atoms with Gasteiger partial charge in [0.15, 0.2) is 0 Å². The van der Waals surface area contributed by atoms with E-state index in [1.54, 1.807) is 5.48 Å². The number of carbonyl (C=O) groups is 1. The van der Waals surface area contributed by atoms with Crippen molar-refractivity contribution in [1.29, 1.82) is 0 Å². The summed E-state index contributed by atoms with van der Waals surface area (Å²) in [6.07, 6.45) is 7.17. The fourth-order valence-corrected chi connectivity index (χ4v) is 3.13. The molecule has 0 bridgehead atoms. The number of benzene rings is 1. The first kappa shape index (κ1) is 15.4. The zero-order chi connectivity index (χ0) is 16.3. The van der Waals surface area contributed by atoms with Gasteiger partial charge in [0.2, 0.25) is 5.95 Å². The van der Waals surface area contributed by atoms with Gasteiger partial charge in [-0.3, -0.25) is 10.0 Å². The molecule has 1 heterocycles. The molecule has 120 valence electrons. The van der Waals surface area contributed by atoms with Crippen LogP contribution in [0.1, 0.15) is 47.2 Å². The van der Waals surface area contributed by atoms with Gasteiger partial charge in [-0.05, 0) is 25.3 Å². The van der Waals surface area contributed by atoms with E-state index >= 15 is 0 Å². The molecule has 1 amide bonds. The third-order valence-corrected chi connectivity index (χ3v) is 4.43. The van der Waals surface area contributed by atoms with Crippen molar-refractivity contribution in [3.8, 4) is 0 Å². The number of amides is 1. The van der Waals surface area contributed by atoms with Gasteiger partial charge in [-0.25, -0.2) is 15.4 Å². The van der Waals surface area contributed by atoms with E-state index in [0.29, 0.717) is 5.95 Å². The lowest BCUT2D eigenvalue weighted by Gasteiger charge is -2.31. The Labute approximate surface area is 134 Å². The van der Waals surface area contributed by atoms with E-state index in [-0.39, 0.29) is 11.1 Å². The van der Waals surface area contributed by atoms with Gasteiger partial charge in [-0.2, -0.15) is 0 Å². The summed E-state index contributed by atoms with van der Waals surface area (Å²) < 4.78 is 0. The number of hydrogen-bond acceptors (Lipinski definition) is 5. The van der Waals surface area contributed by atoms with Gasteiger partial charge in [0.05, 0.1) is 11.1 Å². The van der Waals surface area contributed by atoms with Crippen LogP contribution < -0.4 is 10.8 Å². The Morgan fingerprint density at radius 3 is 2.30 bits per heavy atom. The second-order valence-electron chi connectivity index (χ2n) is 6.02. The lowest BCUT2D eigenvalue weighted by atomic mass is 9.88. The number of anilines is 1. The SMILES string of the molecule is Cc1ccc(C2(Nc3ncc(C(=O)NO)cn3)CCCC2)cc1. The highest BCUT2D eigenvalue weighted by molar-refractivity contribution is 5.92. The lowest BCUT2D eigenvalue weighted by Crippen LogP contribution is -2.33. The van der Waals surface area contributed by atoms with Crippen LogP contribution in [0.5, 0.6) is 0 Å². The van der Waals surface area contributed by atoms with Crippen molar-refractivity contribution in [3.05, 3.63) is 53.3 Å². The molecule has 1 aliphatic rings. The quantitative estimate of drug-likeness (QED) is 0.597. The van der Waals surface area contributed by atoms with Gasteiger partial charge in [0.1, 0.15) is 0 Å². The van der Waals surface area contributed by atoms with E-state index in [1.807, 2.05) is 0 Å². The van der Waals surface area contributed by atoms with Gasteiger partial charge in [0, 0.05) is 12.4 Å².